The van der Waals surface area contributed by atoms with E-state index < -0.39 is 8.25 Å². The molecule has 2 unspecified atom stereocenters. The second-order valence-electron chi connectivity index (χ2n) is 6.53. The second kappa shape index (κ2) is 14.2. The summed E-state index contributed by atoms with van der Waals surface area (Å²) in [6.45, 7) is 5.41. The van der Waals surface area contributed by atoms with E-state index in [1.807, 2.05) is 12.1 Å². The Morgan fingerprint density at radius 1 is 0.966 bits per heavy atom. The van der Waals surface area contributed by atoms with Gasteiger partial charge in [0.25, 0.3) is 0 Å². The molecule has 0 fully saturated rings. The van der Waals surface area contributed by atoms with Gasteiger partial charge in [-0.2, -0.15) is 0 Å². The molecule has 2 rings (SSSR count). The highest BCUT2D eigenvalue weighted by molar-refractivity contribution is 7.57. The van der Waals surface area contributed by atoms with Crippen LogP contribution >= 0.6 is 24.8 Å². The summed E-state index contributed by atoms with van der Waals surface area (Å²) < 4.78 is 27.8. The van der Waals surface area contributed by atoms with Crippen molar-refractivity contribution in [1.29, 1.82) is 0 Å². The van der Waals surface area contributed by atoms with Gasteiger partial charge in [0.15, 0.2) is 0 Å². The van der Waals surface area contributed by atoms with Crippen LogP contribution in [0.5, 0.6) is 5.75 Å². The van der Waals surface area contributed by atoms with Gasteiger partial charge < -0.3 is 4.74 Å². The van der Waals surface area contributed by atoms with Crippen LogP contribution in [0.3, 0.4) is 0 Å². The minimum atomic E-state index is -2.00. The first kappa shape index (κ1) is 24.4. The van der Waals surface area contributed by atoms with Gasteiger partial charge in [-0.3, -0.25) is 0 Å². The van der Waals surface area contributed by atoms with Gasteiger partial charge in [-0.25, -0.2) is 0 Å². The lowest BCUT2D eigenvalue weighted by Gasteiger charge is -2.10. The number of methoxy groups -OCH3 is 1. The summed E-state index contributed by atoms with van der Waals surface area (Å²) >= 11 is 0. The molecule has 0 bridgehead atoms. The molecular weight excluding hydrogens is 421 g/mol. The second-order valence-corrected chi connectivity index (χ2v) is 11.9. The number of ether oxygens (including phenoxy) is 1. The molecule has 0 aliphatic rings. The molecule has 0 radical (unpaired) electrons. The van der Waals surface area contributed by atoms with E-state index in [9.17, 15) is 4.57 Å². The summed E-state index contributed by atoms with van der Waals surface area (Å²) in [5.41, 5.74) is 2.58. The third-order valence-corrected chi connectivity index (χ3v) is 9.40. The monoisotopic (exact) mass is 453 g/mol. The van der Waals surface area contributed by atoms with E-state index in [1.54, 1.807) is 7.11 Å². The fraction of sp³-hybridized carbons (Fsp3) is 0.455. The summed E-state index contributed by atoms with van der Waals surface area (Å²) in [5.74, 6) is 0.874. The first-order chi connectivity index (χ1) is 14.2. The third kappa shape index (κ3) is 9.20. The lowest BCUT2D eigenvalue weighted by Crippen LogP contribution is -2.07. The SMILES string of the molecule is CCP(CC)CCO[P+](=O)OCCPc1ccccc1Cc1ccc(OC)cc1. The predicted octanol–water partition coefficient (Wildman–Crippen LogP) is 5.80. The molecule has 4 nitrogen and oxygen atoms in total. The van der Waals surface area contributed by atoms with Gasteiger partial charge in [0.05, 0.1) is 7.11 Å². The van der Waals surface area contributed by atoms with E-state index in [4.69, 9.17) is 13.8 Å². The van der Waals surface area contributed by atoms with E-state index >= 15 is 0 Å². The molecule has 7 heteroatoms. The zero-order valence-electron chi connectivity index (χ0n) is 17.6. The van der Waals surface area contributed by atoms with Crippen molar-refractivity contribution in [1.82, 2.24) is 0 Å². The first-order valence-electron chi connectivity index (χ1n) is 10.1. The van der Waals surface area contributed by atoms with Crippen molar-refractivity contribution in [3.8, 4) is 5.75 Å². The molecular formula is C22H32O4P3+. The van der Waals surface area contributed by atoms with Gasteiger partial charge in [0, 0.05) is 4.57 Å². The largest absolute Gasteiger partial charge is 0.697 e. The van der Waals surface area contributed by atoms with Crippen molar-refractivity contribution in [2.75, 3.05) is 45.0 Å². The highest BCUT2D eigenvalue weighted by Gasteiger charge is 2.20. The van der Waals surface area contributed by atoms with Crippen LogP contribution in [0.2, 0.25) is 0 Å². The molecule has 0 saturated carbocycles. The molecule has 158 valence electrons. The van der Waals surface area contributed by atoms with Crippen LogP contribution in [0.1, 0.15) is 25.0 Å². The Balaban J connectivity index is 1.74. The van der Waals surface area contributed by atoms with Crippen molar-refractivity contribution in [3.05, 3.63) is 59.7 Å². The summed E-state index contributed by atoms with van der Waals surface area (Å²) in [6, 6.07) is 16.7. The van der Waals surface area contributed by atoms with Crippen molar-refractivity contribution >= 4 is 30.1 Å². The van der Waals surface area contributed by atoms with E-state index in [1.165, 1.54) is 28.8 Å². The lowest BCUT2D eigenvalue weighted by atomic mass is 10.1. The van der Waals surface area contributed by atoms with Crippen LogP contribution in [0.15, 0.2) is 48.5 Å². The number of hydrogen-bond donors (Lipinski definition) is 0. The normalized spacial score (nSPS) is 12.1. The molecule has 2 atom stereocenters. The summed E-state index contributed by atoms with van der Waals surface area (Å²) in [7, 11) is 0.324. The lowest BCUT2D eigenvalue weighted by molar-refractivity contribution is 0.245. The smallest absolute Gasteiger partial charge is 0.497 e. The van der Waals surface area contributed by atoms with Crippen LogP contribution in [-0.2, 0) is 20.0 Å². The van der Waals surface area contributed by atoms with Crippen LogP contribution in [0, 0.1) is 0 Å². The molecule has 0 amide bonds. The Morgan fingerprint density at radius 3 is 2.34 bits per heavy atom. The molecule has 0 aliphatic heterocycles. The highest BCUT2D eigenvalue weighted by atomic mass is 31.1. The molecule has 29 heavy (non-hydrogen) atoms. The molecule has 0 heterocycles. The Bertz CT molecular complexity index is 733. The topological polar surface area (TPSA) is 44.8 Å². The third-order valence-electron chi connectivity index (χ3n) is 4.68. The predicted molar refractivity (Wildman–Crippen MR) is 127 cm³/mol. The van der Waals surface area contributed by atoms with E-state index in [2.05, 4.69) is 50.2 Å². The van der Waals surface area contributed by atoms with E-state index in [-0.39, 0.29) is 7.92 Å². The summed E-state index contributed by atoms with van der Waals surface area (Å²) in [5, 5.41) is 1.33. The zero-order chi connectivity index (χ0) is 20.9. The van der Waals surface area contributed by atoms with E-state index in [0.29, 0.717) is 21.8 Å². The average Bonchev–Trinajstić information content (AvgIpc) is 2.76. The summed E-state index contributed by atoms with van der Waals surface area (Å²) in [6.07, 6.45) is 5.14. The Labute approximate surface area is 179 Å². The van der Waals surface area contributed by atoms with Gasteiger partial charge in [-0.1, -0.05) is 58.8 Å². The fourth-order valence-corrected chi connectivity index (χ4v) is 6.32. The van der Waals surface area contributed by atoms with Crippen molar-refractivity contribution < 1.29 is 18.3 Å². The molecule has 0 N–H and O–H groups in total. The number of rotatable bonds is 14. The first-order valence-corrected chi connectivity index (χ1v) is 14.3. The van der Waals surface area contributed by atoms with Crippen LogP contribution in [0.4, 0.5) is 0 Å². The maximum Gasteiger partial charge on any atom is 0.697 e. The van der Waals surface area contributed by atoms with Gasteiger partial charge in [-0.15, -0.1) is 17.0 Å². The fourth-order valence-electron chi connectivity index (χ4n) is 2.94. The minimum absolute atomic E-state index is 0.0242. The van der Waals surface area contributed by atoms with Crippen LogP contribution < -0.4 is 10.0 Å². The Kier molecular flexibility index (Phi) is 11.9. The summed E-state index contributed by atoms with van der Waals surface area (Å²) in [4.78, 5) is 0. The molecule has 0 aromatic heterocycles. The Morgan fingerprint density at radius 2 is 1.66 bits per heavy atom. The maximum absolute atomic E-state index is 11.9. The Hall–Kier alpha value is -0.880. The molecule has 2 aromatic carbocycles. The molecule has 0 spiro atoms. The maximum atomic E-state index is 11.9. The van der Waals surface area contributed by atoms with Crippen molar-refractivity contribution in [2.24, 2.45) is 0 Å². The number of benzene rings is 2. The van der Waals surface area contributed by atoms with Gasteiger partial charge >= 0.3 is 8.25 Å². The van der Waals surface area contributed by atoms with Gasteiger partial charge in [0.2, 0.25) is 0 Å². The van der Waals surface area contributed by atoms with Gasteiger partial charge in [-0.05, 0) is 59.6 Å². The van der Waals surface area contributed by atoms with E-state index in [0.717, 1.165) is 24.5 Å². The van der Waals surface area contributed by atoms with Crippen molar-refractivity contribution in [3.63, 3.8) is 0 Å². The molecule has 0 aliphatic carbocycles. The zero-order valence-corrected chi connectivity index (χ0v) is 20.4. The average molecular weight is 453 g/mol. The minimum Gasteiger partial charge on any atom is -0.497 e. The van der Waals surface area contributed by atoms with Gasteiger partial charge in [0.1, 0.15) is 19.0 Å². The highest BCUT2D eigenvalue weighted by Crippen LogP contribution is 2.35. The quantitative estimate of drug-likeness (QED) is 0.268. The molecule has 2 aromatic rings. The van der Waals surface area contributed by atoms with Crippen LogP contribution in [0.25, 0.3) is 0 Å². The van der Waals surface area contributed by atoms with Crippen molar-refractivity contribution in [2.45, 2.75) is 20.3 Å². The number of hydrogen-bond acceptors (Lipinski definition) is 4. The standard InChI is InChI=1S/C22H32O4P3/c1-4-28(5-2)17-15-26-29(23)25-14-16-27-22-9-7-6-8-20(22)18-19-10-12-21(24-3)13-11-19/h6-13,27H,4-5,14-18H2,1-3H3/q+1. The van der Waals surface area contributed by atoms with Crippen LogP contribution in [-0.4, -0.2) is 45.0 Å². The molecule has 0 saturated heterocycles.